The summed E-state index contributed by atoms with van der Waals surface area (Å²) >= 11 is 1.46. The number of methoxy groups -OCH3 is 1. The van der Waals surface area contributed by atoms with Gasteiger partial charge in [-0.2, -0.15) is 0 Å². The number of benzene rings is 1. The number of nitrogen functional groups attached to an aromatic ring is 1. The minimum Gasteiger partial charge on any atom is -0.465 e. The number of hydrogen-bond acceptors (Lipinski definition) is 5. The van der Waals surface area contributed by atoms with E-state index in [-0.39, 0.29) is 5.97 Å². The number of esters is 1. The van der Waals surface area contributed by atoms with Gasteiger partial charge in [-0.3, -0.25) is 0 Å². The Kier molecular flexibility index (Phi) is 4.88. The van der Waals surface area contributed by atoms with E-state index < -0.39 is 0 Å². The second-order valence-corrected chi connectivity index (χ2v) is 6.82. The number of ether oxygens (including phenoxy) is 1. The summed E-state index contributed by atoms with van der Waals surface area (Å²) < 4.78 is 4.94. The number of nitrogens with two attached hydrogens (primary N) is 1. The molecule has 0 bridgehead atoms. The van der Waals surface area contributed by atoms with Crippen LogP contribution in [0.1, 0.15) is 26.4 Å². The van der Waals surface area contributed by atoms with Crippen LogP contribution in [0.15, 0.2) is 18.2 Å². The quantitative estimate of drug-likeness (QED) is 0.877. The molecule has 0 fully saturated rings. The Morgan fingerprint density at radius 3 is 2.55 bits per heavy atom. The van der Waals surface area contributed by atoms with Crippen LogP contribution in [0, 0.1) is 13.8 Å². The predicted molar refractivity (Wildman–Crippen MR) is 92.4 cm³/mol. The lowest BCUT2D eigenvalue weighted by Crippen LogP contribution is -2.11. The summed E-state index contributed by atoms with van der Waals surface area (Å²) in [7, 11) is 5.38. The number of anilines is 1. The number of thiophene rings is 1. The van der Waals surface area contributed by atoms with E-state index in [0.717, 1.165) is 28.1 Å². The molecule has 0 saturated heterocycles. The Morgan fingerprint density at radius 2 is 2.00 bits per heavy atom. The highest BCUT2D eigenvalue weighted by Gasteiger charge is 2.25. The van der Waals surface area contributed by atoms with Crippen LogP contribution < -0.4 is 5.73 Å². The van der Waals surface area contributed by atoms with Crippen molar-refractivity contribution >= 4 is 22.3 Å². The Balaban J connectivity index is 2.71. The average Bonchev–Trinajstić information content (AvgIpc) is 2.73. The first kappa shape index (κ1) is 16.5. The lowest BCUT2D eigenvalue weighted by atomic mass is 9.95. The molecular formula is C17H22N2O2S. The zero-order valence-corrected chi connectivity index (χ0v) is 14.5. The molecule has 0 aliphatic carbocycles. The van der Waals surface area contributed by atoms with E-state index in [4.69, 9.17) is 10.5 Å². The number of nitrogens with zero attached hydrogens (tertiary/aromatic N) is 1. The molecule has 1 aromatic carbocycles. The summed E-state index contributed by atoms with van der Waals surface area (Å²) in [6.07, 6.45) is 0. The van der Waals surface area contributed by atoms with Gasteiger partial charge in [0.15, 0.2) is 0 Å². The van der Waals surface area contributed by atoms with Crippen LogP contribution in [0.2, 0.25) is 0 Å². The fourth-order valence-corrected chi connectivity index (χ4v) is 3.77. The smallest absolute Gasteiger partial charge is 0.341 e. The third-order valence-corrected chi connectivity index (χ3v) is 4.51. The number of rotatable bonds is 4. The van der Waals surface area contributed by atoms with Gasteiger partial charge in [0.2, 0.25) is 0 Å². The predicted octanol–water partition coefficient (Wildman–Crippen LogP) is 3.46. The number of aryl methyl sites for hydroxylation is 2. The van der Waals surface area contributed by atoms with Crippen LogP contribution in [0.4, 0.5) is 5.00 Å². The Bertz CT molecular complexity index is 705. The van der Waals surface area contributed by atoms with E-state index >= 15 is 0 Å². The maximum Gasteiger partial charge on any atom is 0.341 e. The average molecular weight is 318 g/mol. The fraction of sp³-hybridized carbons (Fsp3) is 0.353. The molecule has 0 aliphatic rings. The molecule has 0 atom stereocenters. The molecule has 0 radical (unpaired) electrons. The minimum atomic E-state index is -0.381. The van der Waals surface area contributed by atoms with E-state index in [1.807, 2.05) is 14.1 Å². The standard InChI is InChI=1S/C17H22N2O2S/c1-10-6-7-12(11(2)8-10)14-13(9-19(3)4)22-16(18)15(14)17(20)21-5/h6-8H,9,18H2,1-5H3. The van der Waals surface area contributed by atoms with Crippen molar-refractivity contribution in [1.29, 1.82) is 0 Å². The van der Waals surface area contributed by atoms with Gasteiger partial charge >= 0.3 is 5.97 Å². The van der Waals surface area contributed by atoms with Crippen molar-refractivity contribution in [2.24, 2.45) is 0 Å². The van der Waals surface area contributed by atoms with E-state index in [1.165, 1.54) is 24.0 Å². The summed E-state index contributed by atoms with van der Waals surface area (Å²) in [5.74, 6) is -0.381. The van der Waals surface area contributed by atoms with Crippen molar-refractivity contribution in [2.45, 2.75) is 20.4 Å². The molecule has 1 aromatic heterocycles. The largest absolute Gasteiger partial charge is 0.465 e. The van der Waals surface area contributed by atoms with Crippen molar-refractivity contribution in [2.75, 3.05) is 26.9 Å². The SMILES string of the molecule is COC(=O)c1c(N)sc(CN(C)C)c1-c1ccc(C)cc1C. The van der Waals surface area contributed by atoms with Crippen LogP contribution in [0.3, 0.4) is 0 Å². The number of hydrogen-bond donors (Lipinski definition) is 1. The molecular weight excluding hydrogens is 296 g/mol. The Labute approximate surface area is 135 Å². The van der Waals surface area contributed by atoms with Crippen molar-refractivity contribution in [3.05, 3.63) is 39.8 Å². The topological polar surface area (TPSA) is 55.6 Å². The molecule has 0 amide bonds. The zero-order chi connectivity index (χ0) is 16.4. The first-order chi connectivity index (χ1) is 10.3. The van der Waals surface area contributed by atoms with Crippen molar-refractivity contribution < 1.29 is 9.53 Å². The van der Waals surface area contributed by atoms with Gasteiger partial charge in [0.25, 0.3) is 0 Å². The molecule has 2 aromatic rings. The Morgan fingerprint density at radius 1 is 1.32 bits per heavy atom. The maximum absolute atomic E-state index is 12.2. The van der Waals surface area contributed by atoms with Gasteiger partial charge in [0.1, 0.15) is 10.6 Å². The van der Waals surface area contributed by atoms with Gasteiger partial charge in [0, 0.05) is 17.0 Å². The molecule has 4 nitrogen and oxygen atoms in total. The van der Waals surface area contributed by atoms with E-state index in [2.05, 4.69) is 36.9 Å². The molecule has 118 valence electrons. The van der Waals surface area contributed by atoms with Gasteiger partial charge in [-0.05, 0) is 39.1 Å². The second kappa shape index (κ2) is 6.50. The van der Waals surface area contributed by atoms with Crippen LogP contribution >= 0.6 is 11.3 Å². The maximum atomic E-state index is 12.2. The number of carbonyl (C=O) groups excluding carboxylic acids is 1. The summed E-state index contributed by atoms with van der Waals surface area (Å²) in [5.41, 5.74) is 10.9. The molecule has 0 unspecified atom stereocenters. The lowest BCUT2D eigenvalue weighted by Gasteiger charge is -2.13. The molecule has 1 heterocycles. The molecule has 22 heavy (non-hydrogen) atoms. The molecule has 0 aliphatic heterocycles. The fourth-order valence-electron chi connectivity index (χ4n) is 2.58. The highest BCUT2D eigenvalue weighted by Crippen LogP contribution is 2.41. The van der Waals surface area contributed by atoms with Gasteiger partial charge in [-0.15, -0.1) is 11.3 Å². The second-order valence-electron chi connectivity index (χ2n) is 5.69. The first-order valence-corrected chi connectivity index (χ1v) is 7.88. The number of carbonyl (C=O) groups is 1. The van der Waals surface area contributed by atoms with Gasteiger partial charge in [-0.25, -0.2) is 4.79 Å². The van der Waals surface area contributed by atoms with Crippen LogP contribution in [-0.4, -0.2) is 32.1 Å². The molecule has 5 heteroatoms. The minimum absolute atomic E-state index is 0.381. The summed E-state index contributed by atoms with van der Waals surface area (Å²) in [6, 6.07) is 6.22. The highest BCUT2D eigenvalue weighted by atomic mass is 32.1. The van der Waals surface area contributed by atoms with Crippen LogP contribution in [0.25, 0.3) is 11.1 Å². The molecule has 2 rings (SSSR count). The van der Waals surface area contributed by atoms with Crippen molar-refractivity contribution in [3.63, 3.8) is 0 Å². The summed E-state index contributed by atoms with van der Waals surface area (Å²) in [4.78, 5) is 15.3. The van der Waals surface area contributed by atoms with Crippen LogP contribution in [-0.2, 0) is 11.3 Å². The summed E-state index contributed by atoms with van der Waals surface area (Å²) in [6.45, 7) is 4.84. The Hall–Kier alpha value is -1.85. The summed E-state index contributed by atoms with van der Waals surface area (Å²) in [5, 5.41) is 0.513. The molecule has 0 spiro atoms. The van der Waals surface area contributed by atoms with Gasteiger partial charge in [0.05, 0.1) is 7.11 Å². The lowest BCUT2D eigenvalue weighted by molar-refractivity contribution is 0.0603. The van der Waals surface area contributed by atoms with E-state index in [9.17, 15) is 4.79 Å². The normalized spacial score (nSPS) is 11.0. The highest BCUT2D eigenvalue weighted by molar-refractivity contribution is 7.17. The van der Waals surface area contributed by atoms with E-state index in [1.54, 1.807) is 0 Å². The molecule has 2 N–H and O–H groups in total. The monoisotopic (exact) mass is 318 g/mol. The first-order valence-electron chi connectivity index (χ1n) is 7.07. The van der Waals surface area contributed by atoms with Gasteiger partial charge < -0.3 is 15.4 Å². The third kappa shape index (κ3) is 3.15. The van der Waals surface area contributed by atoms with Crippen molar-refractivity contribution in [3.8, 4) is 11.1 Å². The van der Waals surface area contributed by atoms with Crippen molar-refractivity contribution in [1.82, 2.24) is 4.90 Å². The molecule has 0 saturated carbocycles. The zero-order valence-electron chi connectivity index (χ0n) is 13.7. The third-order valence-electron chi connectivity index (χ3n) is 3.51. The van der Waals surface area contributed by atoms with E-state index in [0.29, 0.717) is 10.6 Å². The van der Waals surface area contributed by atoms with Crippen LogP contribution in [0.5, 0.6) is 0 Å². The van der Waals surface area contributed by atoms with Gasteiger partial charge in [-0.1, -0.05) is 23.8 Å².